The fourth-order valence-corrected chi connectivity index (χ4v) is 2.61. The molecule has 0 heterocycles. The third-order valence-electron chi connectivity index (χ3n) is 3.14. The van der Waals surface area contributed by atoms with E-state index in [0.29, 0.717) is 6.04 Å². The first kappa shape index (κ1) is 8.35. The number of nitrogens with two attached hydrogens (primary N) is 1. The van der Waals surface area contributed by atoms with Gasteiger partial charge in [-0.05, 0) is 31.1 Å². The molecule has 1 nitrogen and oxygen atoms in total. The standard InChI is InChI=1S/C8H15N.ClH/c9-8-5-4-6-2-1-3-7(6)8;/h6-8H,1-5,9H2;1H. The summed E-state index contributed by atoms with van der Waals surface area (Å²) in [5.41, 5.74) is 5.92. The van der Waals surface area contributed by atoms with Crippen LogP contribution in [0.5, 0.6) is 0 Å². The predicted molar refractivity (Wildman–Crippen MR) is 45.3 cm³/mol. The molecule has 3 atom stereocenters. The van der Waals surface area contributed by atoms with Gasteiger partial charge in [0.1, 0.15) is 0 Å². The fourth-order valence-electron chi connectivity index (χ4n) is 2.61. The van der Waals surface area contributed by atoms with Crippen LogP contribution in [0.4, 0.5) is 0 Å². The van der Waals surface area contributed by atoms with E-state index in [4.69, 9.17) is 5.73 Å². The van der Waals surface area contributed by atoms with Crippen LogP contribution in [0.2, 0.25) is 0 Å². The van der Waals surface area contributed by atoms with Crippen LogP contribution in [0.15, 0.2) is 0 Å². The minimum atomic E-state index is 0. The first-order valence-electron chi connectivity index (χ1n) is 4.13. The van der Waals surface area contributed by atoms with Gasteiger partial charge in [0.25, 0.3) is 0 Å². The van der Waals surface area contributed by atoms with Crippen molar-refractivity contribution in [3.05, 3.63) is 0 Å². The number of halogens is 1. The monoisotopic (exact) mass is 161 g/mol. The van der Waals surface area contributed by atoms with Crippen molar-refractivity contribution >= 4 is 12.4 Å². The van der Waals surface area contributed by atoms with Gasteiger partial charge < -0.3 is 5.73 Å². The van der Waals surface area contributed by atoms with Gasteiger partial charge in [0.05, 0.1) is 0 Å². The Kier molecular flexibility index (Phi) is 2.59. The van der Waals surface area contributed by atoms with Crippen LogP contribution in [0.25, 0.3) is 0 Å². The van der Waals surface area contributed by atoms with Gasteiger partial charge in [-0.15, -0.1) is 12.4 Å². The summed E-state index contributed by atoms with van der Waals surface area (Å²) in [7, 11) is 0. The van der Waals surface area contributed by atoms with Crippen molar-refractivity contribution < 1.29 is 0 Å². The summed E-state index contributed by atoms with van der Waals surface area (Å²) < 4.78 is 0. The van der Waals surface area contributed by atoms with Gasteiger partial charge >= 0.3 is 0 Å². The molecule has 0 aliphatic heterocycles. The minimum absolute atomic E-state index is 0. The van der Waals surface area contributed by atoms with Gasteiger partial charge in [-0.25, -0.2) is 0 Å². The molecule has 10 heavy (non-hydrogen) atoms. The highest BCUT2D eigenvalue weighted by Gasteiger charge is 2.36. The molecule has 0 amide bonds. The summed E-state index contributed by atoms with van der Waals surface area (Å²) in [6, 6.07) is 0.567. The van der Waals surface area contributed by atoms with E-state index < -0.39 is 0 Å². The minimum Gasteiger partial charge on any atom is -0.327 e. The van der Waals surface area contributed by atoms with Crippen molar-refractivity contribution in [2.75, 3.05) is 0 Å². The van der Waals surface area contributed by atoms with Crippen LogP contribution in [-0.2, 0) is 0 Å². The summed E-state index contributed by atoms with van der Waals surface area (Å²) in [6.07, 6.45) is 7.06. The third-order valence-corrected chi connectivity index (χ3v) is 3.14. The van der Waals surface area contributed by atoms with Gasteiger partial charge in [-0.3, -0.25) is 0 Å². The molecular formula is C8H16ClN. The Balaban J connectivity index is 0.000000500. The van der Waals surface area contributed by atoms with E-state index in [0.717, 1.165) is 11.8 Å². The predicted octanol–water partition coefficient (Wildman–Crippen LogP) is 1.95. The molecule has 0 radical (unpaired) electrons. The molecule has 2 saturated carbocycles. The molecule has 2 aliphatic rings. The van der Waals surface area contributed by atoms with E-state index >= 15 is 0 Å². The maximum atomic E-state index is 5.92. The lowest BCUT2D eigenvalue weighted by Gasteiger charge is -2.11. The van der Waals surface area contributed by atoms with E-state index in [-0.39, 0.29) is 12.4 Å². The first-order valence-corrected chi connectivity index (χ1v) is 4.13. The second-order valence-electron chi connectivity index (χ2n) is 3.60. The summed E-state index contributed by atoms with van der Waals surface area (Å²) in [5, 5.41) is 0. The average molecular weight is 162 g/mol. The summed E-state index contributed by atoms with van der Waals surface area (Å²) in [5.74, 6) is 1.95. The summed E-state index contributed by atoms with van der Waals surface area (Å²) in [6.45, 7) is 0. The highest BCUT2D eigenvalue weighted by molar-refractivity contribution is 5.85. The Bertz CT molecular complexity index is 116. The number of fused-ring (bicyclic) bond motifs is 1. The van der Waals surface area contributed by atoms with Crippen molar-refractivity contribution in [1.29, 1.82) is 0 Å². The van der Waals surface area contributed by atoms with Crippen LogP contribution in [0.3, 0.4) is 0 Å². The Morgan fingerprint density at radius 1 is 1.00 bits per heavy atom. The molecule has 0 bridgehead atoms. The number of hydrogen-bond donors (Lipinski definition) is 1. The Labute approximate surface area is 68.8 Å². The van der Waals surface area contributed by atoms with Gasteiger partial charge in [0, 0.05) is 6.04 Å². The third kappa shape index (κ3) is 1.17. The molecule has 0 aromatic rings. The number of hydrogen-bond acceptors (Lipinski definition) is 1. The maximum absolute atomic E-state index is 5.92. The van der Waals surface area contributed by atoms with Crippen molar-refractivity contribution in [3.63, 3.8) is 0 Å². The lowest BCUT2D eigenvalue weighted by Crippen LogP contribution is -2.24. The summed E-state index contributed by atoms with van der Waals surface area (Å²) in [4.78, 5) is 0. The molecule has 0 aromatic heterocycles. The molecule has 2 heteroatoms. The van der Waals surface area contributed by atoms with Crippen molar-refractivity contribution in [2.24, 2.45) is 17.6 Å². The maximum Gasteiger partial charge on any atom is 0.00699 e. The molecule has 3 unspecified atom stereocenters. The average Bonchev–Trinajstić information content (AvgIpc) is 2.35. The second kappa shape index (κ2) is 3.10. The van der Waals surface area contributed by atoms with E-state index in [9.17, 15) is 0 Å². The quantitative estimate of drug-likeness (QED) is 0.578. The van der Waals surface area contributed by atoms with Crippen molar-refractivity contribution in [1.82, 2.24) is 0 Å². The van der Waals surface area contributed by atoms with E-state index in [1.807, 2.05) is 0 Å². The topological polar surface area (TPSA) is 26.0 Å². The van der Waals surface area contributed by atoms with E-state index in [1.54, 1.807) is 0 Å². The highest BCUT2D eigenvalue weighted by atomic mass is 35.5. The van der Waals surface area contributed by atoms with Crippen LogP contribution in [-0.4, -0.2) is 6.04 Å². The van der Waals surface area contributed by atoms with Gasteiger partial charge in [0.2, 0.25) is 0 Å². The normalized spacial score (nSPS) is 44.7. The van der Waals surface area contributed by atoms with Crippen molar-refractivity contribution in [2.45, 2.75) is 38.1 Å². The smallest absolute Gasteiger partial charge is 0.00699 e. The SMILES string of the molecule is Cl.NC1CCC2CCCC12. The highest BCUT2D eigenvalue weighted by Crippen LogP contribution is 2.42. The van der Waals surface area contributed by atoms with Crippen LogP contribution < -0.4 is 5.73 Å². The largest absolute Gasteiger partial charge is 0.327 e. The Morgan fingerprint density at radius 2 is 1.80 bits per heavy atom. The summed E-state index contributed by atoms with van der Waals surface area (Å²) >= 11 is 0. The van der Waals surface area contributed by atoms with E-state index in [2.05, 4.69) is 0 Å². The molecule has 0 saturated heterocycles. The lowest BCUT2D eigenvalue weighted by atomic mass is 9.98. The van der Waals surface area contributed by atoms with E-state index in [1.165, 1.54) is 32.1 Å². The molecular weight excluding hydrogens is 146 g/mol. The molecule has 60 valence electrons. The van der Waals surface area contributed by atoms with Crippen LogP contribution in [0, 0.1) is 11.8 Å². The Hall–Kier alpha value is 0.250. The Morgan fingerprint density at radius 3 is 2.50 bits per heavy atom. The van der Waals surface area contributed by atoms with Crippen LogP contribution in [0.1, 0.15) is 32.1 Å². The van der Waals surface area contributed by atoms with Crippen molar-refractivity contribution in [3.8, 4) is 0 Å². The zero-order valence-electron chi connectivity index (χ0n) is 6.25. The zero-order valence-corrected chi connectivity index (χ0v) is 7.07. The van der Waals surface area contributed by atoms with Gasteiger partial charge in [-0.1, -0.05) is 12.8 Å². The first-order chi connectivity index (χ1) is 4.38. The number of rotatable bonds is 0. The molecule has 2 N–H and O–H groups in total. The van der Waals surface area contributed by atoms with Crippen LogP contribution >= 0.6 is 12.4 Å². The molecule has 0 aromatic carbocycles. The van der Waals surface area contributed by atoms with Gasteiger partial charge in [-0.2, -0.15) is 0 Å². The molecule has 0 spiro atoms. The fraction of sp³-hybridized carbons (Fsp3) is 1.00. The second-order valence-corrected chi connectivity index (χ2v) is 3.60. The molecule has 2 aliphatic carbocycles. The van der Waals surface area contributed by atoms with Gasteiger partial charge in [0.15, 0.2) is 0 Å². The molecule has 2 rings (SSSR count). The lowest BCUT2D eigenvalue weighted by molar-refractivity contribution is 0.421. The molecule has 2 fully saturated rings. The zero-order chi connectivity index (χ0) is 6.27.